The fourth-order valence-electron chi connectivity index (χ4n) is 3.32. The highest BCUT2D eigenvalue weighted by Crippen LogP contribution is 2.35. The van der Waals surface area contributed by atoms with Crippen molar-refractivity contribution < 1.29 is 19.1 Å². The Bertz CT molecular complexity index is 999. The Kier molecular flexibility index (Phi) is 6.69. The molecule has 0 spiro atoms. The van der Waals surface area contributed by atoms with E-state index in [1.54, 1.807) is 17.0 Å². The van der Waals surface area contributed by atoms with Gasteiger partial charge in [0.2, 0.25) is 0 Å². The number of carbonyl (C=O) groups is 2. The maximum Gasteiger partial charge on any atom is 0.266 e. The van der Waals surface area contributed by atoms with E-state index in [9.17, 15) is 9.59 Å². The zero-order valence-electron chi connectivity index (χ0n) is 16.9. The fourth-order valence-corrected chi connectivity index (χ4v) is 4.33. The standard InChI is InChI=1S/C23H23N3O4S/c24-21(27)15-30-18-10-8-16(9-11-18)13-20-22(28)26(14-19-7-4-12-29-19)23(31-20)25-17-5-2-1-3-6-17/h1-3,5-6,8-11,13,19H,4,7,12,14-15H2,(H2,24,27). The van der Waals surface area contributed by atoms with Crippen LogP contribution in [0.25, 0.3) is 6.08 Å². The van der Waals surface area contributed by atoms with Gasteiger partial charge in [0.15, 0.2) is 11.8 Å². The number of aliphatic imine (C=N–C) groups is 1. The second kappa shape index (κ2) is 9.80. The largest absolute Gasteiger partial charge is 0.484 e. The average Bonchev–Trinajstić information content (AvgIpc) is 3.38. The third-order valence-electron chi connectivity index (χ3n) is 4.84. The molecule has 0 bridgehead atoms. The Morgan fingerprint density at radius 3 is 2.68 bits per heavy atom. The number of para-hydroxylation sites is 1. The molecule has 2 aliphatic heterocycles. The van der Waals surface area contributed by atoms with Crippen LogP contribution in [0.3, 0.4) is 0 Å². The quantitative estimate of drug-likeness (QED) is 0.671. The van der Waals surface area contributed by atoms with Crippen LogP contribution in [0.5, 0.6) is 5.75 Å². The third-order valence-corrected chi connectivity index (χ3v) is 5.84. The molecule has 4 rings (SSSR count). The monoisotopic (exact) mass is 437 g/mol. The average molecular weight is 438 g/mol. The van der Waals surface area contributed by atoms with Crippen molar-refractivity contribution in [3.63, 3.8) is 0 Å². The molecule has 2 fully saturated rings. The number of benzene rings is 2. The topological polar surface area (TPSA) is 94.2 Å². The molecule has 2 N–H and O–H groups in total. The minimum Gasteiger partial charge on any atom is -0.484 e. The summed E-state index contributed by atoms with van der Waals surface area (Å²) in [6, 6.07) is 16.7. The molecule has 0 aromatic heterocycles. The number of primary amides is 1. The van der Waals surface area contributed by atoms with E-state index < -0.39 is 5.91 Å². The first-order chi connectivity index (χ1) is 15.1. The fraction of sp³-hybridized carbons (Fsp3) is 0.261. The van der Waals surface area contributed by atoms with Gasteiger partial charge in [0, 0.05) is 6.61 Å². The van der Waals surface area contributed by atoms with Crippen molar-refractivity contribution in [1.82, 2.24) is 4.90 Å². The summed E-state index contributed by atoms with van der Waals surface area (Å²) in [4.78, 5) is 31.0. The molecule has 1 atom stereocenters. The van der Waals surface area contributed by atoms with Gasteiger partial charge >= 0.3 is 0 Å². The van der Waals surface area contributed by atoms with E-state index in [0.717, 1.165) is 30.7 Å². The first-order valence-electron chi connectivity index (χ1n) is 10.1. The summed E-state index contributed by atoms with van der Waals surface area (Å²) < 4.78 is 11.0. The number of thioether (sulfide) groups is 1. The van der Waals surface area contributed by atoms with Gasteiger partial charge in [-0.05, 0) is 60.5 Å². The zero-order chi connectivity index (χ0) is 21.6. The molecule has 0 aliphatic carbocycles. The van der Waals surface area contributed by atoms with Crippen LogP contribution in [-0.2, 0) is 14.3 Å². The van der Waals surface area contributed by atoms with Crippen LogP contribution < -0.4 is 10.5 Å². The molecule has 2 aromatic rings. The molecule has 31 heavy (non-hydrogen) atoms. The first-order valence-corrected chi connectivity index (χ1v) is 10.9. The van der Waals surface area contributed by atoms with Crippen molar-refractivity contribution in [2.24, 2.45) is 10.7 Å². The van der Waals surface area contributed by atoms with Gasteiger partial charge in [-0.25, -0.2) is 4.99 Å². The Hall–Kier alpha value is -3.10. The van der Waals surface area contributed by atoms with E-state index in [4.69, 9.17) is 20.2 Å². The summed E-state index contributed by atoms with van der Waals surface area (Å²) in [5.74, 6) is -0.0716. The van der Waals surface area contributed by atoms with Gasteiger partial charge < -0.3 is 15.2 Å². The number of amides is 2. The van der Waals surface area contributed by atoms with Crippen LogP contribution in [-0.4, -0.2) is 47.7 Å². The van der Waals surface area contributed by atoms with Gasteiger partial charge in [-0.1, -0.05) is 30.3 Å². The molecule has 2 amide bonds. The summed E-state index contributed by atoms with van der Waals surface area (Å²) in [5.41, 5.74) is 6.74. The Morgan fingerprint density at radius 2 is 2.00 bits per heavy atom. The van der Waals surface area contributed by atoms with Crippen LogP contribution >= 0.6 is 11.8 Å². The van der Waals surface area contributed by atoms with E-state index >= 15 is 0 Å². The number of hydrogen-bond donors (Lipinski definition) is 1. The van der Waals surface area contributed by atoms with Gasteiger partial charge in [0.05, 0.1) is 23.2 Å². The summed E-state index contributed by atoms with van der Waals surface area (Å²) in [6.07, 6.45) is 3.82. The smallest absolute Gasteiger partial charge is 0.266 e. The Labute approximate surface area is 184 Å². The molecule has 2 aromatic carbocycles. The second-order valence-corrected chi connectivity index (χ2v) is 8.22. The van der Waals surface area contributed by atoms with Crippen LogP contribution in [0.4, 0.5) is 5.69 Å². The molecule has 2 aliphatic rings. The molecule has 160 valence electrons. The van der Waals surface area contributed by atoms with E-state index in [2.05, 4.69) is 0 Å². The minimum absolute atomic E-state index is 0.0339. The highest BCUT2D eigenvalue weighted by molar-refractivity contribution is 8.18. The first kappa shape index (κ1) is 21.1. The molecular formula is C23H23N3O4S. The number of amidine groups is 1. The molecule has 1 unspecified atom stereocenters. The predicted octanol–water partition coefficient (Wildman–Crippen LogP) is 3.33. The van der Waals surface area contributed by atoms with E-state index in [1.807, 2.05) is 48.5 Å². The van der Waals surface area contributed by atoms with Gasteiger partial charge in [0.25, 0.3) is 11.8 Å². The van der Waals surface area contributed by atoms with Gasteiger partial charge in [-0.3, -0.25) is 14.5 Å². The van der Waals surface area contributed by atoms with Crippen molar-refractivity contribution >= 4 is 40.5 Å². The van der Waals surface area contributed by atoms with Crippen molar-refractivity contribution in [3.8, 4) is 5.75 Å². The van der Waals surface area contributed by atoms with Crippen LogP contribution in [0.2, 0.25) is 0 Å². The van der Waals surface area contributed by atoms with Crippen LogP contribution in [0, 0.1) is 0 Å². The molecule has 8 heteroatoms. The molecular weight excluding hydrogens is 414 g/mol. The summed E-state index contributed by atoms with van der Waals surface area (Å²) >= 11 is 1.36. The van der Waals surface area contributed by atoms with Gasteiger partial charge in [0.1, 0.15) is 5.75 Å². The second-order valence-electron chi connectivity index (χ2n) is 7.22. The maximum absolute atomic E-state index is 13.2. The predicted molar refractivity (Wildman–Crippen MR) is 121 cm³/mol. The van der Waals surface area contributed by atoms with Crippen molar-refractivity contribution in [2.45, 2.75) is 18.9 Å². The number of carbonyl (C=O) groups excluding carboxylic acids is 2. The van der Waals surface area contributed by atoms with Crippen molar-refractivity contribution in [1.29, 1.82) is 0 Å². The lowest BCUT2D eigenvalue weighted by Gasteiger charge is -2.19. The van der Waals surface area contributed by atoms with E-state index in [0.29, 0.717) is 22.4 Å². The molecule has 2 heterocycles. The van der Waals surface area contributed by atoms with E-state index in [1.165, 1.54) is 11.8 Å². The molecule has 7 nitrogen and oxygen atoms in total. The lowest BCUT2D eigenvalue weighted by Crippen LogP contribution is -2.36. The van der Waals surface area contributed by atoms with Crippen LogP contribution in [0.1, 0.15) is 18.4 Å². The third kappa shape index (κ3) is 5.53. The van der Waals surface area contributed by atoms with E-state index in [-0.39, 0.29) is 18.6 Å². The maximum atomic E-state index is 13.2. The Morgan fingerprint density at radius 1 is 1.23 bits per heavy atom. The molecule has 2 saturated heterocycles. The summed E-state index contributed by atoms with van der Waals surface area (Å²) in [6.45, 7) is 1.05. The number of ether oxygens (including phenoxy) is 2. The highest BCUT2D eigenvalue weighted by atomic mass is 32.2. The number of hydrogen-bond acceptors (Lipinski definition) is 6. The van der Waals surface area contributed by atoms with Crippen molar-refractivity contribution in [3.05, 3.63) is 65.1 Å². The van der Waals surface area contributed by atoms with Gasteiger partial charge in [-0.2, -0.15) is 0 Å². The van der Waals surface area contributed by atoms with Crippen LogP contribution in [0.15, 0.2) is 64.5 Å². The lowest BCUT2D eigenvalue weighted by atomic mass is 10.2. The minimum atomic E-state index is -0.532. The Balaban J connectivity index is 1.55. The van der Waals surface area contributed by atoms with Gasteiger partial charge in [-0.15, -0.1) is 0 Å². The zero-order valence-corrected chi connectivity index (χ0v) is 17.7. The molecule has 0 saturated carbocycles. The summed E-state index contributed by atoms with van der Waals surface area (Å²) in [7, 11) is 0. The summed E-state index contributed by atoms with van der Waals surface area (Å²) in [5, 5.41) is 0.652. The normalized spacial score (nSPS) is 21.2. The highest BCUT2D eigenvalue weighted by Gasteiger charge is 2.35. The van der Waals surface area contributed by atoms with Crippen molar-refractivity contribution in [2.75, 3.05) is 19.8 Å². The lowest BCUT2D eigenvalue weighted by molar-refractivity contribution is -0.123. The number of nitrogens with zero attached hydrogens (tertiary/aromatic N) is 2. The SMILES string of the molecule is NC(=O)COc1ccc(C=C2SC(=Nc3ccccc3)N(CC3CCCO3)C2=O)cc1. The number of rotatable bonds is 7. The molecule has 0 radical (unpaired) electrons. The number of nitrogens with two attached hydrogens (primary N) is 1.